The summed E-state index contributed by atoms with van der Waals surface area (Å²) in [6.45, 7) is 14.9. The van der Waals surface area contributed by atoms with Gasteiger partial charge >= 0.3 is 0 Å². The normalized spacial score (nSPS) is 57.2. The predicted molar refractivity (Wildman–Crippen MR) is 127 cm³/mol. The van der Waals surface area contributed by atoms with Crippen LogP contribution in [0, 0.1) is 46.3 Å². The van der Waals surface area contributed by atoms with Gasteiger partial charge in [0, 0.05) is 28.6 Å². The average molecular weight is 491 g/mol. The van der Waals surface area contributed by atoms with Crippen LogP contribution in [0.4, 0.5) is 0 Å². The number of ketones is 1. The Hall–Kier alpha value is -0.830. The van der Waals surface area contributed by atoms with Gasteiger partial charge < -0.3 is 29.5 Å². The molecule has 12 atom stereocenters. The van der Waals surface area contributed by atoms with Crippen LogP contribution in [0.25, 0.3) is 0 Å². The van der Waals surface area contributed by atoms with E-state index in [0.29, 0.717) is 25.6 Å². The molecule has 1 saturated heterocycles. The van der Waals surface area contributed by atoms with Gasteiger partial charge in [-0.15, -0.1) is 0 Å². The molecule has 5 aliphatic carbocycles. The summed E-state index contributed by atoms with van der Waals surface area (Å²) in [7, 11) is 0. The fraction of sp³-hybridized carbons (Fsp3) is 0.893. The number of carbonyl (C=O) groups is 1. The van der Waals surface area contributed by atoms with Crippen molar-refractivity contribution in [3.05, 3.63) is 12.2 Å². The summed E-state index contributed by atoms with van der Waals surface area (Å²) in [5.41, 5.74) is -5.08. The summed E-state index contributed by atoms with van der Waals surface area (Å²) in [5, 5.41) is 36.8. The maximum absolute atomic E-state index is 13.4. The second-order valence-corrected chi connectivity index (χ2v) is 13.7. The molecule has 0 bridgehead atoms. The van der Waals surface area contributed by atoms with E-state index in [4.69, 9.17) is 14.2 Å². The Morgan fingerprint density at radius 1 is 1.23 bits per heavy atom. The number of carbonyl (C=O) groups excluding carboxylic acids is 1. The number of aliphatic hydroxyl groups excluding tert-OH is 1. The topological polar surface area (TPSA) is 105 Å². The molecule has 1 aliphatic heterocycles. The van der Waals surface area contributed by atoms with Crippen molar-refractivity contribution in [2.45, 2.75) is 96.1 Å². The summed E-state index contributed by atoms with van der Waals surface area (Å²) in [6.07, 6.45) is 3.06. The lowest BCUT2D eigenvalue weighted by atomic mass is 9.57. The highest BCUT2D eigenvalue weighted by Gasteiger charge is 2.91. The van der Waals surface area contributed by atoms with Crippen LogP contribution in [-0.4, -0.2) is 69.1 Å². The van der Waals surface area contributed by atoms with Crippen molar-refractivity contribution < 1.29 is 34.3 Å². The highest BCUT2D eigenvalue weighted by Crippen LogP contribution is 2.83. The first-order valence-corrected chi connectivity index (χ1v) is 13.5. The predicted octanol–water partition coefficient (Wildman–Crippen LogP) is 2.46. The number of fused-ring (bicyclic) bond motifs is 7. The standard InChI is InChI=1S/C28H42O7/c1-8-14(2)12-33-28-20(23(28,4)5)19-16-11-25(16)13-34-24(6,7)35-22(25)27(32)17(9-10-18(27)29)26(19,31)15(3)21(28)30/h9-10,14-17,19-22,30-32H,8,11-13H2,1-7H3/t14-,15+,16-,17-,19-,20+,21+,22?,25+,26-,27+,28+/m0/s1. The van der Waals surface area contributed by atoms with Gasteiger partial charge in [-0.25, -0.2) is 0 Å². The Kier molecular flexibility index (Phi) is 4.74. The minimum atomic E-state index is -1.90. The quantitative estimate of drug-likeness (QED) is 0.556. The van der Waals surface area contributed by atoms with Crippen LogP contribution in [0.2, 0.25) is 0 Å². The third-order valence-electron chi connectivity index (χ3n) is 11.4. The van der Waals surface area contributed by atoms with Gasteiger partial charge in [0.05, 0.1) is 24.9 Å². The number of hydrogen-bond acceptors (Lipinski definition) is 7. The van der Waals surface area contributed by atoms with Crippen LogP contribution in [0.1, 0.15) is 61.3 Å². The van der Waals surface area contributed by atoms with Crippen molar-refractivity contribution in [1.29, 1.82) is 0 Å². The van der Waals surface area contributed by atoms with Crippen LogP contribution >= 0.6 is 0 Å². The molecule has 0 aromatic rings. The maximum Gasteiger partial charge on any atom is 0.190 e. The first-order chi connectivity index (χ1) is 16.2. The Labute approximate surface area is 208 Å². The van der Waals surface area contributed by atoms with Crippen LogP contribution in [0.15, 0.2) is 12.2 Å². The lowest BCUT2D eigenvalue weighted by molar-refractivity contribution is -0.331. The lowest BCUT2D eigenvalue weighted by Crippen LogP contribution is -2.69. The zero-order valence-electron chi connectivity index (χ0n) is 22.1. The first-order valence-electron chi connectivity index (χ1n) is 13.5. The maximum atomic E-state index is 13.4. The second-order valence-electron chi connectivity index (χ2n) is 13.7. The number of hydrogen-bond donors (Lipinski definition) is 3. The molecule has 1 unspecified atom stereocenters. The molecule has 0 radical (unpaired) electrons. The molecule has 0 amide bonds. The van der Waals surface area contributed by atoms with E-state index in [0.717, 1.165) is 6.42 Å². The van der Waals surface area contributed by atoms with Gasteiger partial charge in [0.2, 0.25) is 0 Å². The largest absolute Gasteiger partial charge is 0.390 e. The number of rotatable bonds is 4. The highest BCUT2D eigenvalue weighted by molar-refractivity contribution is 6.01. The van der Waals surface area contributed by atoms with Crippen molar-refractivity contribution in [3.63, 3.8) is 0 Å². The van der Waals surface area contributed by atoms with Gasteiger partial charge in [-0.2, -0.15) is 0 Å². The summed E-state index contributed by atoms with van der Waals surface area (Å²) >= 11 is 0. The molecule has 7 heteroatoms. The van der Waals surface area contributed by atoms with Gasteiger partial charge in [-0.3, -0.25) is 4.79 Å². The van der Waals surface area contributed by atoms with Crippen molar-refractivity contribution in [2.24, 2.45) is 46.3 Å². The van der Waals surface area contributed by atoms with E-state index in [2.05, 4.69) is 27.7 Å². The highest BCUT2D eigenvalue weighted by atomic mass is 16.7. The van der Waals surface area contributed by atoms with Gasteiger partial charge in [-0.05, 0) is 44.1 Å². The van der Waals surface area contributed by atoms with E-state index >= 15 is 0 Å². The molecule has 3 N–H and O–H groups in total. The molecular formula is C28H42O7. The Morgan fingerprint density at radius 2 is 1.91 bits per heavy atom. The zero-order valence-corrected chi connectivity index (χ0v) is 22.1. The summed E-state index contributed by atoms with van der Waals surface area (Å²) in [4.78, 5) is 13.4. The minimum Gasteiger partial charge on any atom is -0.390 e. The van der Waals surface area contributed by atoms with E-state index in [1.165, 1.54) is 6.08 Å². The Bertz CT molecular complexity index is 990. The molecule has 1 spiro atoms. The minimum absolute atomic E-state index is 0.00211. The molecule has 6 rings (SSSR count). The molecule has 7 nitrogen and oxygen atoms in total. The Balaban J connectivity index is 1.51. The third kappa shape index (κ3) is 2.56. The molecule has 196 valence electrons. The van der Waals surface area contributed by atoms with Crippen molar-refractivity contribution in [3.8, 4) is 0 Å². The van der Waals surface area contributed by atoms with Crippen LogP contribution in [0.3, 0.4) is 0 Å². The van der Waals surface area contributed by atoms with E-state index in [9.17, 15) is 20.1 Å². The molecular weight excluding hydrogens is 448 g/mol. The second kappa shape index (κ2) is 6.78. The summed E-state index contributed by atoms with van der Waals surface area (Å²) in [6, 6.07) is 0. The third-order valence-corrected chi connectivity index (χ3v) is 11.4. The molecule has 4 saturated carbocycles. The average Bonchev–Trinajstić information content (AvgIpc) is 3.58. The molecule has 0 aromatic heterocycles. The molecule has 0 aromatic carbocycles. The Morgan fingerprint density at radius 3 is 2.57 bits per heavy atom. The van der Waals surface area contributed by atoms with Crippen molar-refractivity contribution in [1.82, 2.24) is 0 Å². The van der Waals surface area contributed by atoms with Gasteiger partial charge in [0.15, 0.2) is 17.2 Å². The number of aliphatic hydroxyl groups is 3. The molecule has 6 aliphatic rings. The fourth-order valence-corrected chi connectivity index (χ4v) is 9.14. The summed E-state index contributed by atoms with van der Waals surface area (Å²) < 4.78 is 19.2. The van der Waals surface area contributed by atoms with E-state index in [1.54, 1.807) is 19.9 Å². The van der Waals surface area contributed by atoms with Gasteiger partial charge in [0.25, 0.3) is 0 Å². The monoisotopic (exact) mass is 490 g/mol. The van der Waals surface area contributed by atoms with Crippen LogP contribution < -0.4 is 0 Å². The first kappa shape index (κ1) is 24.5. The lowest BCUT2D eigenvalue weighted by Gasteiger charge is -2.54. The van der Waals surface area contributed by atoms with E-state index in [-0.39, 0.29) is 23.2 Å². The number of ether oxygens (including phenoxy) is 3. The van der Waals surface area contributed by atoms with Gasteiger partial charge in [0.1, 0.15) is 11.7 Å². The van der Waals surface area contributed by atoms with Gasteiger partial charge in [-0.1, -0.05) is 47.1 Å². The zero-order chi connectivity index (χ0) is 25.6. The van der Waals surface area contributed by atoms with E-state index in [1.807, 2.05) is 6.92 Å². The summed E-state index contributed by atoms with van der Waals surface area (Å²) in [5.74, 6) is -2.87. The molecule has 1 heterocycles. The SMILES string of the molecule is CC[C@H](C)CO[C@@]12[C@H](O)[C@@H](C)[C@@]3(O)[C@H]([C@@H]1C2(C)C)[C@@H]1C[C@@]12COC(C)(C)OC2[C@]1(O)C(=O)C=C[C@@H]31. The van der Waals surface area contributed by atoms with Crippen LogP contribution in [-0.2, 0) is 19.0 Å². The molecule has 5 fully saturated rings. The smallest absolute Gasteiger partial charge is 0.190 e. The fourth-order valence-electron chi connectivity index (χ4n) is 9.14. The van der Waals surface area contributed by atoms with Crippen LogP contribution in [0.5, 0.6) is 0 Å². The molecule has 35 heavy (non-hydrogen) atoms. The van der Waals surface area contributed by atoms with Crippen molar-refractivity contribution >= 4 is 5.78 Å². The van der Waals surface area contributed by atoms with E-state index < -0.39 is 57.8 Å². The van der Waals surface area contributed by atoms with Crippen molar-refractivity contribution in [2.75, 3.05) is 13.2 Å².